The summed E-state index contributed by atoms with van der Waals surface area (Å²) in [5.74, 6) is 1.86. The van der Waals surface area contributed by atoms with Gasteiger partial charge in [0, 0.05) is 36.8 Å². The SMILES string of the molecule is CC(C)CCCC(C)Oc1ccc2c(NC(=O)c3ccc(N(C)C)cc3)n[nH]c2c1. The van der Waals surface area contributed by atoms with Gasteiger partial charge >= 0.3 is 0 Å². The number of hydrogen-bond donors (Lipinski definition) is 2. The number of nitrogens with one attached hydrogen (secondary N) is 2. The highest BCUT2D eigenvalue weighted by Gasteiger charge is 2.13. The molecule has 1 unspecified atom stereocenters. The lowest BCUT2D eigenvalue weighted by Crippen LogP contribution is -2.13. The number of ether oxygens (including phenoxy) is 1. The normalized spacial score (nSPS) is 12.2. The number of carbonyl (C=O) groups excluding carboxylic acids is 1. The Morgan fingerprint density at radius 3 is 2.50 bits per heavy atom. The highest BCUT2D eigenvalue weighted by Crippen LogP contribution is 2.26. The molecule has 1 atom stereocenters. The Morgan fingerprint density at radius 1 is 1.10 bits per heavy atom. The van der Waals surface area contributed by atoms with E-state index < -0.39 is 0 Å². The highest BCUT2D eigenvalue weighted by molar-refractivity contribution is 6.08. The number of carbonyl (C=O) groups is 1. The van der Waals surface area contributed by atoms with E-state index in [9.17, 15) is 4.79 Å². The summed E-state index contributed by atoms with van der Waals surface area (Å²) in [5.41, 5.74) is 2.47. The van der Waals surface area contributed by atoms with Gasteiger partial charge in [-0.05, 0) is 62.1 Å². The van der Waals surface area contributed by atoms with E-state index in [2.05, 4.69) is 36.3 Å². The number of benzene rings is 2. The van der Waals surface area contributed by atoms with E-state index >= 15 is 0 Å². The number of aromatic nitrogens is 2. The van der Waals surface area contributed by atoms with Gasteiger partial charge in [-0.3, -0.25) is 9.89 Å². The van der Waals surface area contributed by atoms with E-state index in [4.69, 9.17) is 4.74 Å². The first kappa shape index (κ1) is 21.7. The summed E-state index contributed by atoms with van der Waals surface area (Å²) in [7, 11) is 3.94. The van der Waals surface area contributed by atoms with Gasteiger partial charge in [0.25, 0.3) is 5.91 Å². The van der Waals surface area contributed by atoms with Gasteiger partial charge in [0.2, 0.25) is 0 Å². The molecule has 0 aliphatic rings. The third kappa shape index (κ3) is 5.53. The van der Waals surface area contributed by atoms with Crippen molar-refractivity contribution in [3.05, 3.63) is 48.0 Å². The lowest BCUT2D eigenvalue weighted by atomic mass is 10.0. The zero-order valence-corrected chi connectivity index (χ0v) is 18.5. The van der Waals surface area contributed by atoms with E-state index in [1.54, 1.807) is 0 Å². The Balaban J connectivity index is 1.64. The van der Waals surface area contributed by atoms with Gasteiger partial charge in [-0.1, -0.05) is 20.3 Å². The van der Waals surface area contributed by atoms with Gasteiger partial charge in [0.05, 0.1) is 11.6 Å². The topological polar surface area (TPSA) is 70.2 Å². The molecule has 3 rings (SSSR count). The molecule has 160 valence electrons. The first-order valence-electron chi connectivity index (χ1n) is 10.6. The maximum absolute atomic E-state index is 12.6. The number of rotatable bonds is 9. The number of hydrogen-bond acceptors (Lipinski definition) is 4. The minimum absolute atomic E-state index is 0.161. The fourth-order valence-electron chi connectivity index (χ4n) is 3.36. The van der Waals surface area contributed by atoms with Crippen LogP contribution >= 0.6 is 0 Å². The van der Waals surface area contributed by atoms with E-state index in [-0.39, 0.29) is 12.0 Å². The van der Waals surface area contributed by atoms with Gasteiger partial charge in [-0.15, -0.1) is 0 Å². The van der Waals surface area contributed by atoms with Gasteiger partial charge in [-0.2, -0.15) is 5.10 Å². The minimum atomic E-state index is -0.187. The second-order valence-electron chi connectivity index (χ2n) is 8.43. The van der Waals surface area contributed by atoms with Crippen molar-refractivity contribution < 1.29 is 9.53 Å². The Bertz CT molecular complexity index is 977. The van der Waals surface area contributed by atoms with Crippen molar-refractivity contribution in [1.82, 2.24) is 10.2 Å². The molecule has 30 heavy (non-hydrogen) atoms. The van der Waals surface area contributed by atoms with E-state index in [1.165, 1.54) is 6.42 Å². The van der Waals surface area contributed by atoms with Gasteiger partial charge in [0.15, 0.2) is 5.82 Å². The maximum Gasteiger partial charge on any atom is 0.256 e. The minimum Gasteiger partial charge on any atom is -0.491 e. The van der Waals surface area contributed by atoms with E-state index in [0.717, 1.165) is 41.1 Å². The zero-order chi connectivity index (χ0) is 21.7. The van der Waals surface area contributed by atoms with Crippen LogP contribution in [0, 0.1) is 5.92 Å². The second kappa shape index (κ2) is 9.65. The summed E-state index contributed by atoms with van der Waals surface area (Å²) >= 11 is 0. The summed E-state index contributed by atoms with van der Waals surface area (Å²) in [6.07, 6.45) is 3.58. The van der Waals surface area contributed by atoms with Gasteiger partial charge in [0.1, 0.15) is 5.75 Å². The average molecular weight is 409 g/mol. The van der Waals surface area contributed by atoms with Crippen LogP contribution in [0.3, 0.4) is 0 Å². The van der Waals surface area contributed by atoms with Crippen LogP contribution in [0.4, 0.5) is 11.5 Å². The Kier molecular flexibility index (Phi) is 6.98. The smallest absolute Gasteiger partial charge is 0.256 e. The van der Waals surface area contributed by atoms with Crippen molar-refractivity contribution in [2.45, 2.75) is 46.1 Å². The molecule has 1 heterocycles. The molecular weight excluding hydrogens is 376 g/mol. The zero-order valence-electron chi connectivity index (χ0n) is 18.5. The predicted molar refractivity (Wildman–Crippen MR) is 124 cm³/mol. The molecule has 0 fully saturated rings. The number of amides is 1. The number of H-pyrrole nitrogens is 1. The number of fused-ring (bicyclic) bond motifs is 1. The van der Waals surface area contributed by atoms with Crippen molar-refractivity contribution in [3.63, 3.8) is 0 Å². The first-order chi connectivity index (χ1) is 14.3. The molecule has 0 radical (unpaired) electrons. The standard InChI is InChI=1S/C24H32N4O2/c1-16(2)7-6-8-17(3)30-20-13-14-21-22(15-20)26-27-23(21)25-24(29)18-9-11-19(12-10-18)28(4)5/h9-17H,6-8H2,1-5H3,(H2,25,26,27,29). The molecule has 0 saturated heterocycles. The third-order valence-corrected chi connectivity index (χ3v) is 5.14. The molecule has 0 spiro atoms. The summed E-state index contributed by atoms with van der Waals surface area (Å²) in [6, 6.07) is 13.3. The first-order valence-corrected chi connectivity index (χ1v) is 10.6. The van der Waals surface area contributed by atoms with Crippen molar-refractivity contribution in [1.29, 1.82) is 0 Å². The molecule has 1 amide bonds. The maximum atomic E-state index is 12.6. The van der Waals surface area contributed by atoms with Crippen molar-refractivity contribution >= 4 is 28.3 Å². The van der Waals surface area contributed by atoms with Gasteiger partial charge in [-0.25, -0.2) is 0 Å². The number of nitrogens with zero attached hydrogens (tertiary/aromatic N) is 2. The molecule has 0 bridgehead atoms. The van der Waals surface area contributed by atoms with Crippen molar-refractivity contribution in [2.75, 3.05) is 24.3 Å². The van der Waals surface area contributed by atoms with Crippen molar-refractivity contribution in [3.8, 4) is 5.75 Å². The molecule has 1 aromatic heterocycles. The van der Waals surface area contributed by atoms with E-state index in [1.807, 2.05) is 61.5 Å². The molecule has 6 heteroatoms. The van der Waals surface area contributed by atoms with Crippen LogP contribution in [0.1, 0.15) is 50.4 Å². The van der Waals surface area contributed by atoms with Crippen LogP contribution in [-0.4, -0.2) is 36.3 Å². The molecular formula is C24H32N4O2. The summed E-state index contributed by atoms with van der Waals surface area (Å²) in [6.45, 7) is 6.59. The average Bonchev–Trinajstić information content (AvgIpc) is 3.09. The van der Waals surface area contributed by atoms with E-state index in [0.29, 0.717) is 11.4 Å². The molecule has 2 aromatic carbocycles. The molecule has 3 aromatic rings. The lowest BCUT2D eigenvalue weighted by Gasteiger charge is -2.15. The molecule has 0 aliphatic heterocycles. The van der Waals surface area contributed by atoms with Crippen LogP contribution in [0.25, 0.3) is 10.9 Å². The lowest BCUT2D eigenvalue weighted by molar-refractivity contribution is 0.102. The summed E-state index contributed by atoms with van der Waals surface area (Å²) in [4.78, 5) is 14.6. The summed E-state index contributed by atoms with van der Waals surface area (Å²) < 4.78 is 6.06. The van der Waals surface area contributed by atoms with Crippen LogP contribution in [0.2, 0.25) is 0 Å². The third-order valence-electron chi connectivity index (χ3n) is 5.14. The second-order valence-corrected chi connectivity index (χ2v) is 8.43. The summed E-state index contributed by atoms with van der Waals surface area (Å²) in [5, 5.41) is 11.0. The Labute approximate surface area is 178 Å². The van der Waals surface area contributed by atoms with Crippen molar-refractivity contribution in [2.24, 2.45) is 5.92 Å². The molecule has 0 saturated carbocycles. The van der Waals surface area contributed by atoms with Crippen LogP contribution < -0.4 is 15.0 Å². The van der Waals surface area contributed by atoms with Gasteiger partial charge < -0.3 is 15.0 Å². The predicted octanol–water partition coefficient (Wildman–Crippen LogP) is 5.47. The Hall–Kier alpha value is -3.02. The van der Waals surface area contributed by atoms with Crippen LogP contribution in [0.15, 0.2) is 42.5 Å². The fourth-order valence-corrected chi connectivity index (χ4v) is 3.36. The van der Waals surface area contributed by atoms with Crippen LogP contribution in [-0.2, 0) is 0 Å². The fraction of sp³-hybridized carbons (Fsp3) is 0.417. The molecule has 0 aliphatic carbocycles. The quantitative estimate of drug-likeness (QED) is 0.492. The molecule has 6 nitrogen and oxygen atoms in total. The largest absolute Gasteiger partial charge is 0.491 e. The number of aromatic amines is 1. The highest BCUT2D eigenvalue weighted by atomic mass is 16.5. The Morgan fingerprint density at radius 2 is 1.83 bits per heavy atom. The van der Waals surface area contributed by atoms with Crippen LogP contribution in [0.5, 0.6) is 5.75 Å². The molecule has 2 N–H and O–H groups in total. The number of anilines is 2. The monoisotopic (exact) mass is 408 g/mol.